The van der Waals surface area contributed by atoms with Crippen LogP contribution in [0.5, 0.6) is 0 Å². The highest BCUT2D eigenvalue weighted by molar-refractivity contribution is 5.67. The molecule has 3 unspecified atom stereocenters. The summed E-state index contributed by atoms with van der Waals surface area (Å²) in [5.74, 6) is 0.510. The molecular weight excluding hydrogens is 344 g/mol. The molecule has 1 heterocycles. The molecular formula is C26H36O2. The van der Waals surface area contributed by atoms with Crippen LogP contribution in [0.25, 0.3) is 11.1 Å². The van der Waals surface area contributed by atoms with Gasteiger partial charge < -0.3 is 9.47 Å². The lowest BCUT2D eigenvalue weighted by atomic mass is 9.94. The summed E-state index contributed by atoms with van der Waals surface area (Å²) in [5.41, 5.74) is 3.55. The molecule has 152 valence electrons. The van der Waals surface area contributed by atoms with E-state index in [9.17, 15) is 0 Å². The summed E-state index contributed by atoms with van der Waals surface area (Å²) >= 11 is 0. The van der Waals surface area contributed by atoms with Crippen LogP contribution in [-0.2, 0) is 9.47 Å². The molecule has 2 heteroatoms. The third-order valence-electron chi connectivity index (χ3n) is 5.94. The lowest BCUT2D eigenvalue weighted by molar-refractivity contribution is -0.237. The van der Waals surface area contributed by atoms with Gasteiger partial charge in [0.15, 0.2) is 6.29 Å². The minimum atomic E-state index is -0.267. The predicted molar refractivity (Wildman–Crippen MR) is 117 cm³/mol. The van der Waals surface area contributed by atoms with Gasteiger partial charge in [0.1, 0.15) is 0 Å². The second-order valence-corrected chi connectivity index (χ2v) is 8.13. The predicted octanol–water partition coefficient (Wildman–Crippen LogP) is 7.54. The third-order valence-corrected chi connectivity index (χ3v) is 5.94. The van der Waals surface area contributed by atoms with Gasteiger partial charge in [-0.25, -0.2) is 0 Å². The molecule has 0 spiro atoms. The van der Waals surface area contributed by atoms with Crippen LogP contribution < -0.4 is 0 Å². The molecule has 1 aliphatic heterocycles. The molecule has 3 rings (SSSR count). The van der Waals surface area contributed by atoms with Gasteiger partial charge >= 0.3 is 0 Å². The fraction of sp³-hybridized carbons (Fsp3) is 0.538. The van der Waals surface area contributed by atoms with Crippen molar-refractivity contribution in [3.8, 4) is 11.1 Å². The normalized spacial score (nSPS) is 22.3. The quantitative estimate of drug-likeness (QED) is 0.396. The van der Waals surface area contributed by atoms with Crippen molar-refractivity contribution in [2.75, 3.05) is 6.61 Å². The number of hydrogen-bond acceptors (Lipinski definition) is 2. The van der Waals surface area contributed by atoms with Crippen LogP contribution in [0.15, 0.2) is 54.6 Å². The maximum atomic E-state index is 6.34. The molecule has 2 nitrogen and oxygen atoms in total. The van der Waals surface area contributed by atoms with E-state index in [0.717, 1.165) is 12.2 Å². The zero-order valence-electron chi connectivity index (χ0n) is 17.6. The Balaban J connectivity index is 1.51. The van der Waals surface area contributed by atoms with Crippen LogP contribution in [0.2, 0.25) is 0 Å². The maximum Gasteiger partial charge on any atom is 0.184 e. The zero-order chi connectivity index (χ0) is 19.6. The number of benzene rings is 2. The molecule has 0 bridgehead atoms. The summed E-state index contributed by atoms with van der Waals surface area (Å²) in [4.78, 5) is 0. The van der Waals surface area contributed by atoms with Crippen molar-refractivity contribution < 1.29 is 9.47 Å². The van der Waals surface area contributed by atoms with Crippen LogP contribution in [0, 0.1) is 5.92 Å². The van der Waals surface area contributed by atoms with Gasteiger partial charge in [0.25, 0.3) is 0 Å². The standard InChI is InChI=1S/C26H36O2/c1-3-4-5-6-7-8-10-17-23-20-27-26(28-21(23)2)25-19-14-13-18-24(25)22-15-11-9-12-16-22/h9,11-16,18-19,21,23,26H,3-8,10,17,20H2,1-2H3. The van der Waals surface area contributed by atoms with Crippen molar-refractivity contribution in [3.05, 3.63) is 60.2 Å². The molecule has 3 atom stereocenters. The molecule has 28 heavy (non-hydrogen) atoms. The average Bonchev–Trinajstić information content (AvgIpc) is 2.74. The molecule has 0 aliphatic carbocycles. The zero-order valence-corrected chi connectivity index (χ0v) is 17.6. The second-order valence-electron chi connectivity index (χ2n) is 8.13. The van der Waals surface area contributed by atoms with E-state index in [1.165, 1.54) is 62.5 Å². The van der Waals surface area contributed by atoms with E-state index in [-0.39, 0.29) is 12.4 Å². The topological polar surface area (TPSA) is 18.5 Å². The Hall–Kier alpha value is -1.64. The molecule has 0 aromatic heterocycles. The SMILES string of the molecule is CCCCCCCCCC1COC(c2ccccc2-c2ccccc2)OC1C. The molecule has 1 aliphatic rings. The van der Waals surface area contributed by atoms with Gasteiger partial charge in [0.2, 0.25) is 0 Å². The van der Waals surface area contributed by atoms with E-state index in [2.05, 4.69) is 68.4 Å². The summed E-state index contributed by atoms with van der Waals surface area (Å²) in [6.07, 6.45) is 10.7. The highest BCUT2D eigenvalue weighted by Crippen LogP contribution is 2.36. The largest absolute Gasteiger partial charge is 0.348 e. The third kappa shape index (κ3) is 5.93. The minimum absolute atomic E-state index is 0.239. The number of unbranched alkanes of at least 4 members (excludes halogenated alkanes) is 6. The lowest BCUT2D eigenvalue weighted by Gasteiger charge is -2.35. The first-order chi connectivity index (χ1) is 13.8. The van der Waals surface area contributed by atoms with E-state index >= 15 is 0 Å². The van der Waals surface area contributed by atoms with Gasteiger partial charge in [-0.3, -0.25) is 0 Å². The van der Waals surface area contributed by atoms with Gasteiger partial charge in [0.05, 0.1) is 12.7 Å². The number of hydrogen-bond donors (Lipinski definition) is 0. The summed E-state index contributed by atoms with van der Waals surface area (Å²) in [6, 6.07) is 19.0. The average molecular weight is 381 g/mol. The number of ether oxygens (including phenoxy) is 2. The van der Waals surface area contributed by atoms with Crippen LogP contribution in [0.3, 0.4) is 0 Å². The van der Waals surface area contributed by atoms with Gasteiger partial charge in [-0.1, -0.05) is 106 Å². The van der Waals surface area contributed by atoms with E-state index in [0.29, 0.717) is 5.92 Å². The molecule has 0 saturated carbocycles. The highest BCUT2D eigenvalue weighted by Gasteiger charge is 2.30. The summed E-state index contributed by atoms with van der Waals surface area (Å²) in [5, 5.41) is 0. The Morgan fingerprint density at radius 1 is 0.821 bits per heavy atom. The molecule has 0 radical (unpaired) electrons. The summed E-state index contributed by atoms with van der Waals surface area (Å²) < 4.78 is 12.5. The monoisotopic (exact) mass is 380 g/mol. The van der Waals surface area contributed by atoms with Crippen LogP contribution in [0.1, 0.15) is 77.1 Å². The maximum absolute atomic E-state index is 6.34. The van der Waals surface area contributed by atoms with Gasteiger partial charge in [0, 0.05) is 11.5 Å². The highest BCUT2D eigenvalue weighted by atomic mass is 16.7. The molecule has 0 amide bonds. The summed E-state index contributed by atoms with van der Waals surface area (Å²) in [6.45, 7) is 5.29. The van der Waals surface area contributed by atoms with E-state index in [1.54, 1.807) is 0 Å². The van der Waals surface area contributed by atoms with E-state index in [1.807, 2.05) is 0 Å². The molecule has 0 N–H and O–H groups in total. The molecule has 1 fully saturated rings. The Kier molecular flexibility index (Phi) is 8.57. The Labute approximate surface area is 171 Å². The van der Waals surface area contributed by atoms with Crippen molar-refractivity contribution in [1.82, 2.24) is 0 Å². The van der Waals surface area contributed by atoms with Crippen molar-refractivity contribution >= 4 is 0 Å². The molecule has 2 aromatic carbocycles. The minimum Gasteiger partial charge on any atom is -0.348 e. The van der Waals surface area contributed by atoms with Crippen molar-refractivity contribution in [1.29, 1.82) is 0 Å². The van der Waals surface area contributed by atoms with Crippen molar-refractivity contribution in [2.45, 2.75) is 77.6 Å². The molecule has 2 aromatic rings. The van der Waals surface area contributed by atoms with Gasteiger partial charge in [-0.2, -0.15) is 0 Å². The first-order valence-electron chi connectivity index (χ1n) is 11.2. The summed E-state index contributed by atoms with van der Waals surface area (Å²) in [7, 11) is 0. The second kappa shape index (κ2) is 11.4. The fourth-order valence-corrected chi connectivity index (χ4v) is 4.12. The van der Waals surface area contributed by atoms with Gasteiger partial charge in [-0.15, -0.1) is 0 Å². The van der Waals surface area contributed by atoms with Crippen molar-refractivity contribution in [3.63, 3.8) is 0 Å². The molecule has 1 saturated heterocycles. The first kappa shape index (κ1) is 21.1. The lowest BCUT2D eigenvalue weighted by Crippen LogP contribution is -2.34. The first-order valence-corrected chi connectivity index (χ1v) is 11.2. The van der Waals surface area contributed by atoms with E-state index < -0.39 is 0 Å². The van der Waals surface area contributed by atoms with Crippen LogP contribution >= 0.6 is 0 Å². The van der Waals surface area contributed by atoms with E-state index in [4.69, 9.17) is 9.47 Å². The number of rotatable bonds is 10. The Morgan fingerprint density at radius 2 is 1.50 bits per heavy atom. The fourth-order valence-electron chi connectivity index (χ4n) is 4.12. The van der Waals surface area contributed by atoms with Crippen molar-refractivity contribution in [2.24, 2.45) is 5.92 Å². The van der Waals surface area contributed by atoms with Crippen LogP contribution in [-0.4, -0.2) is 12.7 Å². The van der Waals surface area contributed by atoms with Gasteiger partial charge in [-0.05, 0) is 24.5 Å². The Morgan fingerprint density at radius 3 is 2.25 bits per heavy atom. The Bertz CT molecular complexity index is 682. The smallest absolute Gasteiger partial charge is 0.184 e. The van der Waals surface area contributed by atoms with Crippen LogP contribution in [0.4, 0.5) is 0 Å².